The van der Waals surface area contributed by atoms with Crippen molar-refractivity contribution >= 4 is 55.7 Å². The Morgan fingerprint density at radius 2 is 0.787 bits per heavy atom. The number of anilines is 3. The highest BCUT2D eigenvalue weighted by Crippen LogP contribution is 2.43. The van der Waals surface area contributed by atoms with E-state index in [-0.39, 0.29) is 4.90 Å². The van der Waals surface area contributed by atoms with E-state index in [0.717, 1.165) is 28.2 Å². The first-order valence-corrected chi connectivity index (χ1v) is 19.2. The van der Waals surface area contributed by atoms with Crippen LogP contribution in [0, 0.1) is 0 Å². The maximum Gasteiger partial charge on any atom is 0.206 e. The van der Waals surface area contributed by atoms with Gasteiger partial charge in [0.05, 0.1) is 15.5 Å². The summed E-state index contributed by atoms with van der Waals surface area (Å²) in [6, 6.07) is 63.9. The lowest BCUT2D eigenvalue weighted by molar-refractivity contribution is 0.596. The van der Waals surface area contributed by atoms with Crippen LogP contribution in [-0.4, -0.2) is 16.5 Å². The minimum Gasteiger partial charge on any atom is -0.310 e. The third-order valence-corrected chi connectivity index (χ3v) is 15.8. The van der Waals surface area contributed by atoms with Gasteiger partial charge < -0.3 is 4.90 Å². The van der Waals surface area contributed by atoms with Gasteiger partial charge in [-0.05, 0) is 68.8 Å². The van der Waals surface area contributed by atoms with Crippen molar-refractivity contribution in [1.29, 1.82) is 0 Å². The van der Waals surface area contributed by atoms with Crippen molar-refractivity contribution in [2.24, 2.45) is 0 Å². The molecule has 0 spiro atoms. The lowest BCUT2D eigenvalue weighted by Crippen LogP contribution is -2.77. The highest BCUT2D eigenvalue weighted by atomic mass is 32.2. The first-order chi connectivity index (χ1) is 23.1. The van der Waals surface area contributed by atoms with Gasteiger partial charge in [-0.2, -0.15) is 0 Å². The average Bonchev–Trinajstić information content (AvgIpc) is 3.15. The van der Waals surface area contributed by atoms with E-state index in [9.17, 15) is 8.42 Å². The van der Waals surface area contributed by atoms with E-state index in [1.165, 1.54) is 20.7 Å². The summed E-state index contributed by atoms with van der Waals surface area (Å²) in [4.78, 5) is 2.96. The predicted molar refractivity (Wildman–Crippen MR) is 196 cm³/mol. The highest BCUT2D eigenvalue weighted by molar-refractivity contribution is 7.91. The molecule has 0 aromatic heterocycles. The van der Waals surface area contributed by atoms with Gasteiger partial charge in [0, 0.05) is 16.9 Å². The minimum atomic E-state index is -3.62. The zero-order valence-corrected chi connectivity index (χ0v) is 27.4. The summed E-state index contributed by atoms with van der Waals surface area (Å²) in [5.41, 5.74) is 5.31. The van der Waals surface area contributed by atoms with Crippen molar-refractivity contribution in [3.05, 3.63) is 188 Å². The fourth-order valence-electron chi connectivity index (χ4n) is 7.13. The molecule has 226 valence electrons. The maximum atomic E-state index is 13.4. The lowest BCUT2D eigenvalue weighted by atomic mass is 10.0. The predicted octanol–water partition coefficient (Wildman–Crippen LogP) is 7.35. The normalized spacial score (nSPS) is 13.4. The van der Waals surface area contributed by atoms with Gasteiger partial charge in [0.1, 0.15) is 0 Å². The largest absolute Gasteiger partial charge is 0.310 e. The first-order valence-electron chi connectivity index (χ1n) is 15.7. The Kier molecular flexibility index (Phi) is 7.21. The molecule has 0 N–H and O–H groups in total. The third kappa shape index (κ3) is 4.66. The fourth-order valence-corrected chi connectivity index (χ4v) is 13.5. The van der Waals surface area contributed by atoms with Crippen LogP contribution in [0.4, 0.5) is 17.1 Å². The fraction of sp³-hybridized carbons (Fsp3) is 0. The summed E-state index contributed by atoms with van der Waals surface area (Å²) in [5, 5.41) is 5.34. The Bertz CT molecular complexity index is 2220. The van der Waals surface area contributed by atoms with Crippen molar-refractivity contribution in [1.82, 2.24) is 0 Å². The zero-order chi connectivity index (χ0) is 31.8. The van der Waals surface area contributed by atoms with Crippen LogP contribution < -0.4 is 25.6 Å². The second-order valence-corrected chi connectivity index (χ2v) is 17.4. The summed E-state index contributed by atoms with van der Waals surface area (Å²) >= 11 is 0. The zero-order valence-electron chi connectivity index (χ0n) is 25.6. The van der Waals surface area contributed by atoms with Crippen LogP contribution in [-0.2, 0) is 9.84 Å². The molecule has 1 heterocycles. The molecule has 7 aromatic rings. The molecule has 0 aliphatic carbocycles. The number of benzene rings is 7. The summed E-state index contributed by atoms with van der Waals surface area (Å²) in [5.74, 6) is 0. The highest BCUT2D eigenvalue weighted by Gasteiger charge is 2.48. The molecule has 5 heteroatoms. The second-order valence-electron chi connectivity index (χ2n) is 11.7. The molecule has 0 saturated heterocycles. The Balaban J connectivity index is 1.34. The topological polar surface area (TPSA) is 37.4 Å². The van der Waals surface area contributed by atoms with Crippen LogP contribution in [0.3, 0.4) is 0 Å². The molecule has 47 heavy (non-hydrogen) atoms. The Hall–Kier alpha value is -5.49. The van der Waals surface area contributed by atoms with Crippen LogP contribution in [0.1, 0.15) is 0 Å². The van der Waals surface area contributed by atoms with E-state index in [4.69, 9.17) is 0 Å². The molecule has 0 unspecified atom stereocenters. The standard InChI is InChI=1S/C42H31NO2SSi/c44-46(45,33-16-4-1-5-17-33)34-30-28-32(29-31-34)37-22-10-11-23-38(37)43-39-24-12-14-26-41(39)47(35-18-6-2-7-19-35,36-20-8-3-9-21-36)42-27-15-13-25-40(42)43/h1-31H. The molecule has 3 nitrogen and oxygen atoms in total. The monoisotopic (exact) mass is 641 g/mol. The van der Waals surface area contributed by atoms with Crippen LogP contribution >= 0.6 is 0 Å². The van der Waals surface area contributed by atoms with Crippen molar-refractivity contribution in [3.8, 4) is 11.1 Å². The van der Waals surface area contributed by atoms with Crippen LogP contribution in [0.25, 0.3) is 11.1 Å². The van der Waals surface area contributed by atoms with E-state index in [1.807, 2.05) is 24.3 Å². The lowest BCUT2D eigenvalue weighted by Gasteiger charge is -2.45. The number of nitrogens with zero attached hydrogens (tertiary/aromatic N) is 1. The number of para-hydroxylation sites is 3. The van der Waals surface area contributed by atoms with E-state index in [2.05, 4.69) is 132 Å². The van der Waals surface area contributed by atoms with Gasteiger partial charge in [-0.25, -0.2) is 8.42 Å². The molecule has 7 aromatic carbocycles. The van der Waals surface area contributed by atoms with Crippen molar-refractivity contribution in [3.63, 3.8) is 0 Å². The second kappa shape index (κ2) is 11.7. The Morgan fingerprint density at radius 3 is 1.32 bits per heavy atom. The smallest absolute Gasteiger partial charge is 0.206 e. The van der Waals surface area contributed by atoms with Gasteiger partial charge in [0.25, 0.3) is 0 Å². The van der Waals surface area contributed by atoms with E-state index < -0.39 is 17.9 Å². The van der Waals surface area contributed by atoms with Gasteiger partial charge in [0.15, 0.2) is 8.07 Å². The van der Waals surface area contributed by atoms with Crippen molar-refractivity contribution in [2.75, 3.05) is 4.90 Å². The molecule has 1 aliphatic rings. The summed E-state index contributed by atoms with van der Waals surface area (Å²) in [7, 11) is -6.34. The van der Waals surface area contributed by atoms with Crippen molar-refractivity contribution in [2.45, 2.75) is 9.79 Å². The van der Waals surface area contributed by atoms with Crippen LogP contribution in [0.5, 0.6) is 0 Å². The molecule has 0 atom stereocenters. The summed E-state index contributed by atoms with van der Waals surface area (Å²) in [6.07, 6.45) is 0. The summed E-state index contributed by atoms with van der Waals surface area (Å²) in [6.45, 7) is 0. The first kappa shape index (κ1) is 28.9. The number of hydrogen-bond acceptors (Lipinski definition) is 3. The van der Waals surface area contributed by atoms with E-state index in [1.54, 1.807) is 36.4 Å². The Morgan fingerprint density at radius 1 is 0.383 bits per heavy atom. The number of hydrogen-bond donors (Lipinski definition) is 0. The number of sulfone groups is 1. The van der Waals surface area contributed by atoms with E-state index >= 15 is 0 Å². The number of rotatable bonds is 6. The quantitative estimate of drug-likeness (QED) is 0.178. The van der Waals surface area contributed by atoms with Gasteiger partial charge in [-0.3, -0.25) is 0 Å². The number of fused-ring (bicyclic) bond motifs is 2. The third-order valence-electron chi connectivity index (χ3n) is 9.19. The van der Waals surface area contributed by atoms with Gasteiger partial charge in [-0.1, -0.05) is 146 Å². The minimum absolute atomic E-state index is 0.278. The van der Waals surface area contributed by atoms with Gasteiger partial charge in [0.2, 0.25) is 9.84 Å². The molecule has 0 radical (unpaired) electrons. The van der Waals surface area contributed by atoms with Crippen LogP contribution in [0.2, 0.25) is 0 Å². The van der Waals surface area contributed by atoms with E-state index in [0.29, 0.717) is 4.90 Å². The molecule has 0 bridgehead atoms. The molecule has 8 rings (SSSR count). The molecule has 0 fully saturated rings. The molecule has 1 aliphatic heterocycles. The SMILES string of the molecule is O=S(=O)(c1ccccc1)c1ccc(-c2ccccc2N2c3ccccc3[Si](c3ccccc3)(c3ccccc3)c3ccccc32)cc1. The molecular weight excluding hydrogens is 611 g/mol. The average molecular weight is 642 g/mol. The van der Waals surface area contributed by atoms with Crippen molar-refractivity contribution < 1.29 is 8.42 Å². The van der Waals surface area contributed by atoms with Crippen LogP contribution in [0.15, 0.2) is 198 Å². The van der Waals surface area contributed by atoms with Gasteiger partial charge >= 0.3 is 0 Å². The van der Waals surface area contributed by atoms with Gasteiger partial charge in [-0.15, -0.1) is 0 Å². The molecular formula is C42H31NO2SSi. The Labute approximate surface area is 277 Å². The molecule has 0 saturated carbocycles. The summed E-state index contributed by atoms with van der Waals surface area (Å²) < 4.78 is 26.7. The maximum absolute atomic E-state index is 13.4. The molecule has 0 amide bonds.